The molecule has 1 fully saturated rings. The number of nitrogens with zero attached hydrogens (tertiary/aromatic N) is 2. The molecule has 0 amide bonds. The van der Waals surface area contributed by atoms with E-state index in [1.807, 2.05) is 6.07 Å². The summed E-state index contributed by atoms with van der Waals surface area (Å²) in [5.41, 5.74) is 0.685. The Kier molecular flexibility index (Phi) is 3.41. The molecular formula is C11H13N3O2S. The lowest BCUT2D eigenvalue weighted by molar-refractivity contribution is 0.378. The Labute approximate surface area is 100 Å². The summed E-state index contributed by atoms with van der Waals surface area (Å²) in [6.07, 6.45) is 1.49. The van der Waals surface area contributed by atoms with Crippen LogP contribution in [0.4, 0.5) is 0 Å². The van der Waals surface area contributed by atoms with Gasteiger partial charge in [0.25, 0.3) is 0 Å². The molecule has 1 aromatic rings. The van der Waals surface area contributed by atoms with Gasteiger partial charge in [0.05, 0.1) is 11.5 Å². The first kappa shape index (κ1) is 12.0. The van der Waals surface area contributed by atoms with E-state index in [4.69, 9.17) is 5.26 Å². The molecule has 0 spiro atoms. The van der Waals surface area contributed by atoms with Crippen molar-refractivity contribution < 1.29 is 8.42 Å². The molecule has 0 radical (unpaired) electrons. The van der Waals surface area contributed by atoms with Gasteiger partial charge in [0.2, 0.25) is 0 Å². The lowest BCUT2D eigenvalue weighted by Crippen LogP contribution is -2.45. The number of sulfone groups is 1. The summed E-state index contributed by atoms with van der Waals surface area (Å²) in [7, 11) is -3.16. The smallest absolute Gasteiger partial charge is 0.154 e. The van der Waals surface area contributed by atoms with Crippen LogP contribution in [0.5, 0.6) is 0 Å². The van der Waals surface area contributed by atoms with Crippen molar-refractivity contribution in [2.75, 3.05) is 18.8 Å². The molecule has 0 atom stereocenters. The zero-order valence-electron chi connectivity index (χ0n) is 9.26. The average molecular weight is 251 g/mol. The molecule has 0 aliphatic carbocycles. The molecule has 5 nitrogen and oxygen atoms in total. The SMILES string of the molecule is N#Cc1ncccc1CS(=O)(=O)CC1CNC1. The fourth-order valence-electron chi connectivity index (χ4n) is 1.78. The minimum atomic E-state index is -3.16. The van der Waals surface area contributed by atoms with Gasteiger partial charge in [-0.15, -0.1) is 0 Å². The Hall–Kier alpha value is -1.45. The first-order valence-electron chi connectivity index (χ1n) is 5.36. The lowest BCUT2D eigenvalue weighted by Gasteiger charge is -2.26. The maximum absolute atomic E-state index is 11.9. The van der Waals surface area contributed by atoms with Crippen molar-refractivity contribution in [1.82, 2.24) is 10.3 Å². The third kappa shape index (κ3) is 3.02. The van der Waals surface area contributed by atoms with E-state index in [0.717, 1.165) is 13.1 Å². The standard InChI is InChI=1S/C11H13N3O2S/c12-4-11-10(2-1-3-14-11)8-17(15,16)7-9-5-13-6-9/h1-3,9,13H,5-8H2. The fraction of sp³-hybridized carbons (Fsp3) is 0.455. The highest BCUT2D eigenvalue weighted by Crippen LogP contribution is 2.14. The molecule has 1 aliphatic rings. The van der Waals surface area contributed by atoms with Crippen LogP contribution in [0.2, 0.25) is 0 Å². The number of nitrogens with one attached hydrogen (secondary N) is 1. The van der Waals surface area contributed by atoms with E-state index in [1.54, 1.807) is 12.1 Å². The Morgan fingerprint density at radius 2 is 2.29 bits per heavy atom. The monoisotopic (exact) mass is 251 g/mol. The van der Waals surface area contributed by atoms with E-state index in [2.05, 4.69) is 10.3 Å². The van der Waals surface area contributed by atoms with Crippen molar-refractivity contribution in [3.8, 4) is 6.07 Å². The number of hydrogen-bond acceptors (Lipinski definition) is 5. The fourth-order valence-corrected chi connectivity index (χ4v) is 3.56. The molecule has 0 aromatic carbocycles. The maximum Gasteiger partial charge on any atom is 0.154 e. The zero-order valence-corrected chi connectivity index (χ0v) is 10.1. The van der Waals surface area contributed by atoms with Crippen LogP contribution in [0.25, 0.3) is 0 Å². The van der Waals surface area contributed by atoms with Gasteiger partial charge in [0, 0.05) is 24.8 Å². The van der Waals surface area contributed by atoms with Gasteiger partial charge in [-0.1, -0.05) is 6.07 Å². The number of nitriles is 1. The number of hydrogen-bond donors (Lipinski definition) is 1. The number of aromatic nitrogens is 1. The predicted octanol–water partition coefficient (Wildman–Crippen LogP) is 0.0875. The van der Waals surface area contributed by atoms with Crippen molar-refractivity contribution in [3.05, 3.63) is 29.6 Å². The molecule has 2 rings (SSSR count). The summed E-state index contributed by atoms with van der Waals surface area (Å²) in [5, 5.41) is 11.9. The van der Waals surface area contributed by atoms with Gasteiger partial charge in [-0.25, -0.2) is 13.4 Å². The third-order valence-corrected chi connectivity index (χ3v) is 4.46. The van der Waals surface area contributed by atoms with Gasteiger partial charge in [-0.3, -0.25) is 0 Å². The summed E-state index contributed by atoms with van der Waals surface area (Å²) in [5.74, 6) is 0.294. The highest BCUT2D eigenvalue weighted by Gasteiger charge is 2.25. The van der Waals surface area contributed by atoms with Crippen molar-refractivity contribution in [1.29, 1.82) is 5.26 Å². The summed E-state index contributed by atoms with van der Waals surface area (Å²) in [4.78, 5) is 3.86. The normalized spacial score (nSPS) is 16.2. The summed E-state index contributed by atoms with van der Waals surface area (Å²) < 4.78 is 23.8. The van der Waals surface area contributed by atoms with Gasteiger partial charge in [-0.05, 0) is 12.0 Å². The second-order valence-corrected chi connectivity index (χ2v) is 6.31. The lowest BCUT2D eigenvalue weighted by atomic mass is 10.1. The molecule has 0 saturated carbocycles. The molecule has 0 unspecified atom stereocenters. The molecule has 1 saturated heterocycles. The predicted molar refractivity (Wildman–Crippen MR) is 62.8 cm³/mol. The zero-order chi connectivity index (χ0) is 12.3. The molecular weight excluding hydrogens is 238 g/mol. The molecule has 2 heterocycles. The second kappa shape index (κ2) is 4.82. The Bertz CT molecular complexity index is 544. The van der Waals surface area contributed by atoms with Crippen LogP contribution in [-0.4, -0.2) is 32.2 Å². The highest BCUT2D eigenvalue weighted by atomic mass is 32.2. The summed E-state index contributed by atoms with van der Waals surface area (Å²) in [6, 6.07) is 5.20. The van der Waals surface area contributed by atoms with Gasteiger partial charge < -0.3 is 5.32 Å². The van der Waals surface area contributed by atoms with Crippen molar-refractivity contribution >= 4 is 9.84 Å². The van der Waals surface area contributed by atoms with Crippen LogP contribution in [-0.2, 0) is 15.6 Å². The van der Waals surface area contributed by atoms with Crippen molar-refractivity contribution in [2.24, 2.45) is 5.92 Å². The van der Waals surface area contributed by atoms with Gasteiger partial charge in [0.15, 0.2) is 9.84 Å². The summed E-state index contributed by atoms with van der Waals surface area (Å²) in [6.45, 7) is 1.52. The molecule has 6 heteroatoms. The molecule has 1 aliphatic heterocycles. The minimum Gasteiger partial charge on any atom is -0.316 e. The van der Waals surface area contributed by atoms with Gasteiger partial charge in [-0.2, -0.15) is 5.26 Å². The van der Waals surface area contributed by atoms with Gasteiger partial charge in [0.1, 0.15) is 11.8 Å². The minimum absolute atomic E-state index is 0.0970. The number of rotatable bonds is 4. The Balaban J connectivity index is 2.11. The molecule has 1 aromatic heterocycles. The summed E-state index contributed by atoms with van der Waals surface area (Å²) >= 11 is 0. The van der Waals surface area contributed by atoms with E-state index in [-0.39, 0.29) is 23.1 Å². The quantitative estimate of drug-likeness (QED) is 0.820. The van der Waals surface area contributed by atoms with Gasteiger partial charge >= 0.3 is 0 Å². The first-order valence-corrected chi connectivity index (χ1v) is 7.18. The van der Waals surface area contributed by atoms with E-state index >= 15 is 0 Å². The van der Waals surface area contributed by atoms with Crippen molar-refractivity contribution in [3.63, 3.8) is 0 Å². The van der Waals surface area contributed by atoms with Crippen LogP contribution in [0, 0.1) is 17.2 Å². The molecule has 90 valence electrons. The van der Waals surface area contributed by atoms with Crippen molar-refractivity contribution in [2.45, 2.75) is 5.75 Å². The average Bonchev–Trinajstić information content (AvgIpc) is 2.24. The van der Waals surface area contributed by atoms with Crippen LogP contribution < -0.4 is 5.32 Å². The van der Waals surface area contributed by atoms with E-state index in [1.165, 1.54) is 6.20 Å². The van der Waals surface area contributed by atoms with E-state index in [0.29, 0.717) is 5.56 Å². The largest absolute Gasteiger partial charge is 0.316 e. The number of pyridine rings is 1. The molecule has 0 bridgehead atoms. The third-order valence-electron chi connectivity index (χ3n) is 2.73. The van der Waals surface area contributed by atoms with E-state index in [9.17, 15) is 8.42 Å². The van der Waals surface area contributed by atoms with Crippen LogP contribution in [0.3, 0.4) is 0 Å². The Morgan fingerprint density at radius 3 is 2.88 bits per heavy atom. The van der Waals surface area contributed by atoms with Crippen LogP contribution >= 0.6 is 0 Å². The first-order chi connectivity index (χ1) is 8.11. The highest BCUT2D eigenvalue weighted by molar-refractivity contribution is 7.90. The molecule has 17 heavy (non-hydrogen) atoms. The second-order valence-electron chi connectivity index (χ2n) is 4.20. The maximum atomic E-state index is 11.9. The topological polar surface area (TPSA) is 82.8 Å². The van der Waals surface area contributed by atoms with E-state index < -0.39 is 9.84 Å². The van der Waals surface area contributed by atoms with Crippen LogP contribution in [0.1, 0.15) is 11.3 Å². The molecule has 1 N–H and O–H groups in total. The Morgan fingerprint density at radius 1 is 1.53 bits per heavy atom. The van der Waals surface area contributed by atoms with Crippen LogP contribution in [0.15, 0.2) is 18.3 Å².